The maximum atomic E-state index is 5.82. The van der Waals surface area contributed by atoms with Crippen molar-refractivity contribution in [2.24, 2.45) is 5.92 Å². The molecule has 2 aromatic heterocycles. The lowest BCUT2D eigenvalue weighted by atomic mass is 9.89. The molecule has 1 aromatic carbocycles. The number of benzene rings is 1. The summed E-state index contributed by atoms with van der Waals surface area (Å²) in [5, 5.41) is 2.51. The lowest BCUT2D eigenvalue weighted by Crippen LogP contribution is -2.08. The fourth-order valence-corrected chi connectivity index (χ4v) is 6.00. The van der Waals surface area contributed by atoms with Gasteiger partial charge in [-0.1, -0.05) is 24.6 Å². The van der Waals surface area contributed by atoms with E-state index in [1.165, 1.54) is 50.5 Å². The minimum atomic E-state index is 0.772. The molecule has 0 spiro atoms. The highest BCUT2D eigenvalue weighted by molar-refractivity contribution is 7.99. The van der Waals surface area contributed by atoms with Crippen LogP contribution in [0.3, 0.4) is 0 Å². The summed E-state index contributed by atoms with van der Waals surface area (Å²) in [6.45, 7) is 5.22. The van der Waals surface area contributed by atoms with Gasteiger partial charge in [0.25, 0.3) is 0 Å². The van der Waals surface area contributed by atoms with Gasteiger partial charge < -0.3 is 4.74 Å². The highest BCUT2D eigenvalue weighted by atomic mass is 32.2. The number of aryl methyl sites for hydroxylation is 2. The van der Waals surface area contributed by atoms with Gasteiger partial charge in [0.15, 0.2) is 0 Å². The van der Waals surface area contributed by atoms with Gasteiger partial charge in [-0.05, 0) is 68.4 Å². The van der Waals surface area contributed by atoms with E-state index in [9.17, 15) is 0 Å². The monoisotopic (exact) mass is 398 g/mol. The Labute approximate surface area is 169 Å². The van der Waals surface area contributed by atoms with E-state index in [-0.39, 0.29) is 0 Å². The van der Waals surface area contributed by atoms with Crippen LogP contribution in [-0.4, -0.2) is 22.3 Å². The minimum absolute atomic E-state index is 0.772. The van der Waals surface area contributed by atoms with Crippen LogP contribution in [0.5, 0.6) is 5.75 Å². The van der Waals surface area contributed by atoms with Crippen LogP contribution < -0.4 is 4.74 Å². The fraction of sp³-hybridized carbons (Fsp3) is 0.455. The quantitative estimate of drug-likeness (QED) is 0.275. The summed E-state index contributed by atoms with van der Waals surface area (Å²) in [5.74, 6) is 2.83. The van der Waals surface area contributed by atoms with Crippen LogP contribution in [0.1, 0.15) is 42.2 Å². The average molecular weight is 399 g/mol. The van der Waals surface area contributed by atoms with Crippen molar-refractivity contribution < 1.29 is 4.74 Å². The minimum Gasteiger partial charge on any atom is -0.494 e. The van der Waals surface area contributed by atoms with Gasteiger partial charge in [0.1, 0.15) is 21.9 Å². The van der Waals surface area contributed by atoms with Gasteiger partial charge in [-0.2, -0.15) is 0 Å². The number of rotatable bonds is 7. The molecule has 3 aromatic rings. The lowest BCUT2D eigenvalue weighted by molar-refractivity contribution is 0.310. The van der Waals surface area contributed by atoms with Gasteiger partial charge in [0.05, 0.1) is 6.61 Å². The molecule has 0 radical (unpaired) electrons. The van der Waals surface area contributed by atoms with E-state index in [0.717, 1.165) is 36.9 Å². The third-order valence-electron chi connectivity index (χ3n) is 5.12. The van der Waals surface area contributed by atoms with Crippen LogP contribution in [-0.2, 0) is 12.8 Å². The first-order valence-electron chi connectivity index (χ1n) is 9.78. The number of unbranched alkanes of at least 4 members (excludes halogenated alkanes) is 1. The largest absolute Gasteiger partial charge is 0.494 e. The Morgan fingerprint density at radius 1 is 1.19 bits per heavy atom. The van der Waals surface area contributed by atoms with E-state index in [4.69, 9.17) is 4.74 Å². The van der Waals surface area contributed by atoms with Gasteiger partial charge in [-0.3, -0.25) is 0 Å². The highest BCUT2D eigenvalue weighted by Gasteiger charge is 2.22. The Morgan fingerprint density at radius 2 is 2.04 bits per heavy atom. The Bertz CT molecular complexity index is 905. The molecular weight excluding hydrogens is 372 g/mol. The molecule has 0 unspecified atom stereocenters. The van der Waals surface area contributed by atoms with Crippen molar-refractivity contribution in [1.29, 1.82) is 0 Å². The Morgan fingerprint density at radius 3 is 2.89 bits per heavy atom. The van der Waals surface area contributed by atoms with Crippen molar-refractivity contribution in [2.45, 2.75) is 51.0 Å². The van der Waals surface area contributed by atoms with Crippen LogP contribution in [0.2, 0.25) is 0 Å². The summed E-state index contributed by atoms with van der Waals surface area (Å²) in [7, 11) is 0. The van der Waals surface area contributed by atoms with E-state index in [2.05, 4.69) is 35.9 Å². The second-order valence-electron chi connectivity index (χ2n) is 7.43. The van der Waals surface area contributed by atoms with E-state index in [1.807, 2.05) is 35.2 Å². The summed E-state index contributed by atoms with van der Waals surface area (Å²) in [6.07, 6.45) is 7.60. The van der Waals surface area contributed by atoms with E-state index < -0.39 is 0 Å². The number of hydrogen-bond donors (Lipinski definition) is 0. The fourth-order valence-electron chi connectivity index (χ4n) is 3.55. The number of thiophene rings is 1. The van der Waals surface area contributed by atoms with Gasteiger partial charge in [-0.25, -0.2) is 9.97 Å². The molecule has 0 saturated heterocycles. The second kappa shape index (κ2) is 8.61. The first-order valence-corrected chi connectivity index (χ1v) is 11.6. The average Bonchev–Trinajstić information content (AvgIpc) is 3.04. The Kier molecular flexibility index (Phi) is 5.98. The molecule has 0 saturated carbocycles. The van der Waals surface area contributed by atoms with Crippen molar-refractivity contribution in [3.8, 4) is 5.75 Å². The van der Waals surface area contributed by atoms with Crippen LogP contribution in [0.25, 0.3) is 10.2 Å². The predicted octanol–water partition coefficient (Wildman–Crippen LogP) is 6.08. The van der Waals surface area contributed by atoms with Gasteiger partial charge in [-0.15, -0.1) is 23.1 Å². The molecule has 0 N–H and O–H groups in total. The Hall–Kier alpha value is -1.59. The van der Waals surface area contributed by atoms with Crippen molar-refractivity contribution in [1.82, 2.24) is 9.97 Å². The molecule has 0 fully saturated rings. The zero-order valence-electron chi connectivity index (χ0n) is 16.0. The maximum Gasteiger partial charge on any atom is 0.128 e. The molecule has 27 heavy (non-hydrogen) atoms. The predicted molar refractivity (Wildman–Crippen MR) is 115 cm³/mol. The molecule has 4 rings (SSSR count). The number of ether oxygens (including phenoxy) is 1. The highest BCUT2D eigenvalue weighted by Crippen LogP contribution is 2.40. The van der Waals surface area contributed by atoms with Gasteiger partial charge in [0, 0.05) is 10.3 Å². The summed E-state index contributed by atoms with van der Waals surface area (Å²) in [4.78, 5) is 11.9. The molecule has 3 nitrogen and oxygen atoms in total. The maximum absolute atomic E-state index is 5.82. The zero-order chi connectivity index (χ0) is 18.6. The number of hydrogen-bond acceptors (Lipinski definition) is 5. The number of thioether (sulfide) groups is 1. The van der Waals surface area contributed by atoms with E-state index >= 15 is 0 Å². The smallest absolute Gasteiger partial charge is 0.128 e. The molecule has 1 aliphatic rings. The molecule has 142 valence electrons. The van der Waals surface area contributed by atoms with Crippen LogP contribution in [0, 0.1) is 12.8 Å². The van der Waals surface area contributed by atoms with Crippen molar-refractivity contribution in [2.75, 3.05) is 12.4 Å². The second-order valence-corrected chi connectivity index (χ2v) is 9.60. The van der Waals surface area contributed by atoms with Gasteiger partial charge in [0.2, 0.25) is 0 Å². The van der Waals surface area contributed by atoms with Crippen LogP contribution in [0.4, 0.5) is 0 Å². The first-order chi connectivity index (χ1) is 13.2. The third kappa shape index (κ3) is 4.46. The third-order valence-corrected chi connectivity index (χ3v) is 7.36. The lowest BCUT2D eigenvalue weighted by Gasteiger charge is -2.18. The van der Waals surface area contributed by atoms with Gasteiger partial charge >= 0.3 is 0 Å². The number of aromatic nitrogens is 2. The standard InChI is InChI=1S/C22H26N2OS2/c1-15-5-8-17(9-6-15)25-11-3-4-12-26-21-20-18-10-7-16(2)13-19(18)27-22(20)24-14-23-21/h5-6,8-9,14,16H,3-4,7,10-13H2,1-2H3/t16-/m1/s1. The Balaban J connectivity index is 1.31. The zero-order valence-corrected chi connectivity index (χ0v) is 17.7. The van der Waals surface area contributed by atoms with Crippen molar-refractivity contribution in [3.63, 3.8) is 0 Å². The van der Waals surface area contributed by atoms with Crippen LogP contribution >= 0.6 is 23.1 Å². The summed E-state index contributed by atoms with van der Waals surface area (Å²) in [5.41, 5.74) is 2.79. The molecule has 1 atom stereocenters. The molecule has 5 heteroatoms. The van der Waals surface area contributed by atoms with E-state index in [1.54, 1.807) is 6.33 Å². The number of fused-ring (bicyclic) bond motifs is 3. The van der Waals surface area contributed by atoms with E-state index in [0.29, 0.717) is 0 Å². The molecule has 2 heterocycles. The number of nitrogens with zero attached hydrogens (tertiary/aromatic N) is 2. The summed E-state index contributed by atoms with van der Waals surface area (Å²) >= 11 is 3.76. The summed E-state index contributed by atoms with van der Waals surface area (Å²) in [6, 6.07) is 8.27. The summed E-state index contributed by atoms with van der Waals surface area (Å²) < 4.78 is 5.82. The molecule has 0 aliphatic heterocycles. The normalized spacial score (nSPS) is 16.4. The molecule has 0 bridgehead atoms. The van der Waals surface area contributed by atoms with Crippen molar-refractivity contribution in [3.05, 3.63) is 46.6 Å². The van der Waals surface area contributed by atoms with Crippen LogP contribution in [0.15, 0.2) is 35.6 Å². The molecule has 0 amide bonds. The molecular formula is C22H26N2OS2. The topological polar surface area (TPSA) is 35.0 Å². The first kappa shape index (κ1) is 18.8. The van der Waals surface area contributed by atoms with Crippen molar-refractivity contribution >= 4 is 33.3 Å². The SMILES string of the molecule is Cc1ccc(OCCCCSc2ncnc3sc4c(c23)CC[C@@H](C)C4)cc1. The molecule has 1 aliphatic carbocycles.